The minimum atomic E-state index is 0. The van der Waals surface area contributed by atoms with E-state index >= 15 is 0 Å². The van der Waals surface area contributed by atoms with E-state index in [0.717, 1.165) is 0 Å². The molecule has 0 bridgehead atoms. The molecule has 2 heteroatoms. The summed E-state index contributed by atoms with van der Waals surface area (Å²) >= 11 is 2.07. The van der Waals surface area contributed by atoms with Crippen molar-refractivity contribution in [3.8, 4) is 0 Å². The molecule has 0 unspecified atom stereocenters. The first kappa shape index (κ1) is 13.9. The Morgan fingerprint density at radius 3 is 1.57 bits per heavy atom. The van der Waals surface area contributed by atoms with E-state index in [0.29, 0.717) is 0 Å². The second-order valence-corrected chi connectivity index (χ2v) is 4.63. The van der Waals surface area contributed by atoms with Gasteiger partial charge < -0.3 is 0 Å². The molecule has 1 heterocycles. The van der Waals surface area contributed by atoms with Gasteiger partial charge in [0.1, 0.15) is 0 Å². The molecule has 80 valence electrons. The molecule has 0 nitrogen and oxygen atoms in total. The number of halogens is 1. The molecule has 0 spiro atoms. The summed E-state index contributed by atoms with van der Waals surface area (Å²) in [7, 11) is 0. The van der Waals surface area contributed by atoms with Crippen LogP contribution in [0.3, 0.4) is 0 Å². The number of thioether (sulfide) groups is 1. The van der Waals surface area contributed by atoms with Gasteiger partial charge >= 0.3 is 0 Å². The molecular weight excluding hydrogens is 212 g/mol. The summed E-state index contributed by atoms with van der Waals surface area (Å²) in [4.78, 5) is 0. The number of aryl methyl sites for hydroxylation is 2. The third-order valence-electron chi connectivity index (χ3n) is 2.25. The molecule has 2 rings (SSSR count). The second kappa shape index (κ2) is 8.19. The summed E-state index contributed by atoms with van der Waals surface area (Å²) in [5, 5.41) is 0. The highest BCUT2D eigenvalue weighted by molar-refractivity contribution is 7.99. The second-order valence-electron chi connectivity index (χ2n) is 3.40. The molecule has 0 aromatic heterocycles. The van der Waals surface area contributed by atoms with Gasteiger partial charge in [-0.1, -0.05) is 24.3 Å². The predicted molar refractivity (Wildman–Crippen MR) is 69.7 cm³/mol. The Hall–Kier alpha value is -0.140. The van der Waals surface area contributed by atoms with Gasteiger partial charge in [0.15, 0.2) is 0 Å². The zero-order valence-electron chi connectivity index (χ0n) is 8.95. The third kappa shape index (κ3) is 5.56. The van der Waals surface area contributed by atoms with Gasteiger partial charge in [-0.15, -0.1) is 12.4 Å². The SMILES string of the molecule is C1CCSC1.Cc1ccccc1C.Cl. The largest absolute Gasteiger partial charge is 0.162 e. The van der Waals surface area contributed by atoms with Crippen LogP contribution in [-0.2, 0) is 0 Å². The molecule has 1 aliphatic heterocycles. The van der Waals surface area contributed by atoms with Crippen LogP contribution in [0.5, 0.6) is 0 Å². The first-order chi connectivity index (χ1) is 6.30. The number of benzene rings is 1. The smallest absolute Gasteiger partial charge is 0.00672 e. The average molecular weight is 231 g/mol. The molecule has 0 N–H and O–H groups in total. The van der Waals surface area contributed by atoms with Crippen LogP contribution in [0, 0.1) is 13.8 Å². The first-order valence-corrected chi connectivity index (χ1v) is 6.06. The van der Waals surface area contributed by atoms with Crippen molar-refractivity contribution in [2.45, 2.75) is 26.7 Å². The molecule has 0 saturated carbocycles. The van der Waals surface area contributed by atoms with Gasteiger partial charge in [-0.3, -0.25) is 0 Å². The minimum absolute atomic E-state index is 0. The van der Waals surface area contributed by atoms with Crippen LogP contribution in [0.1, 0.15) is 24.0 Å². The highest BCUT2D eigenvalue weighted by Gasteiger charge is 1.95. The van der Waals surface area contributed by atoms with E-state index in [9.17, 15) is 0 Å². The van der Waals surface area contributed by atoms with E-state index in [1.165, 1.54) is 35.5 Å². The Morgan fingerprint density at radius 1 is 0.929 bits per heavy atom. The Kier molecular flexibility index (Phi) is 8.11. The summed E-state index contributed by atoms with van der Waals surface area (Å²) in [6.07, 6.45) is 2.93. The standard InChI is InChI=1S/C8H10.C4H8S.ClH/c1-7-5-3-4-6-8(7)2;1-2-4-5-3-1;/h3-6H,1-2H3;1-4H2;1H. The molecule has 1 aromatic rings. The maximum absolute atomic E-state index is 2.12. The Bertz CT molecular complexity index is 215. The van der Waals surface area contributed by atoms with Gasteiger partial charge in [0.2, 0.25) is 0 Å². The minimum Gasteiger partial charge on any atom is -0.162 e. The van der Waals surface area contributed by atoms with Gasteiger partial charge in [-0.2, -0.15) is 11.8 Å². The number of hydrogen-bond acceptors (Lipinski definition) is 1. The van der Waals surface area contributed by atoms with Crippen LogP contribution in [0.15, 0.2) is 24.3 Å². The summed E-state index contributed by atoms with van der Waals surface area (Å²) < 4.78 is 0. The van der Waals surface area contributed by atoms with E-state index in [-0.39, 0.29) is 12.4 Å². The molecule has 14 heavy (non-hydrogen) atoms. The van der Waals surface area contributed by atoms with Crippen molar-refractivity contribution in [2.75, 3.05) is 11.5 Å². The normalized spacial score (nSPS) is 13.9. The molecule has 0 amide bonds. The van der Waals surface area contributed by atoms with Crippen LogP contribution in [0.2, 0.25) is 0 Å². The fraction of sp³-hybridized carbons (Fsp3) is 0.500. The van der Waals surface area contributed by atoms with Gasteiger partial charge in [0, 0.05) is 0 Å². The molecule has 1 aromatic carbocycles. The monoisotopic (exact) mass is 230 g/mol. The molecular formula is C12H19ClS. The molecule has 1 fully saturated rings. The molecule has 0 aliphatic carbocycles. The van der Waals surface area contributed by atoms with E-state index in [2.05, 4.69) is 49.9 Å². The number of rotatable bonds is 0. The van der Waals surface area contributed by atoms with Crippen molar-refractivity contribution in [1.82, 2.24) is 0 Å². The fourth-order valence-corrected chi connectivity index (χ4v) is 2.19. The van der Waals surface area contributed by atoms with Gasteiger partial charge in [0.05, 0.1) is 0 Å². The van der Waals surface area contributed by atoms with Crippen molar-refractivity contribution < 1.29 is 0 Å². The zero-order valence-corrected chi connectivity index (χ0v) is 10.6. The summed E-state index contributed by atoms with van der Waals surface area (Å²) in [5.74, 6) is 2.83. The lowest BCUT2D eigenvalue weighted by Gasteiger charge is -1.93. The predicted octanol–water partition coefficient (Wildman–Crippen LogP) is 4.24. The third-order valence-corrected chi connectivity index (χ3v) is 3.41. The van der Waals surface area contributed by atoms with Gasteiger partial charge in [-0.05, 0) is 49.3 Å². The van der Waals surface area contributed by atoms with Crippen molar-refractivity contribution >= 4 is 24.2 Å². The van der Waals surface area contributed by atoms with Crippen molar-refractivity contribution in [3.63, 3.8) is 0 Å². The van der Waals surface area contributed by atoms with Crippen LogP contribution in [0.25, 0.3) is 0 Å². The van der Waals surface area contributed by atoms with E-state index in [1.807, 2.05) is 0 Å². The lowest BCUT2D eigenvalue weighted by atomic mass is 10.1. The molecule has 0 radical (unpaired) electrons. The van der Waals surface area contributed by atoms with E-state index in [4.69, 9.17) is 0 Å². The molecule has 1 aliphatic rings. The lowest BCUT2D eigenvalue weighted by molar-refractivity contribution is 0.949. The molecule has 0 atom stereocenters. The molecule has 1 saturated heterocycles. The number of hydrogen-bond donors (Lipinski definition) is 0. The maximum Gasteiger partial charge on any atom is -0.00672 e. The van der Waals surface area contributed by atoms with Gasteiger partial charge in [0.25, 0.3) is 0 Å². The quantitative estimate of drug-likeness (QED) is 0.643. The van der Waals surface area contributed by atoms with E-state index in [1.54, 1.807) is 0 Å². The van der Waals surface area contributed by atoms with Crippen LogP contribution < -0.4 is 0 Å². The Balaban J connectivity index is 0.000000246. The lowest BCUT2D eigenvalue weighted by Crippen LogP contribution is -1.74. The summed E-state index contributed by atoms with van der Waals surface area (Å²) in [6, 6.07) is 8.36. The van der Waals surface area contributed by atoms with Crippen molar-refractivity contribution in [1.29, 1.82) is 0 Å². The van der Waals surface area contributed by atoms with Crippen molar-refractivity contribution in [2.24, 2.45) is 0 Å². The van der Waals surface area contributed by atoms with Crippen LogP contribution in [-0.4, -0.2) is 11.5 Å². The Labute approximate surface area is 97.9 Å². The first-order valence-electron chi connectivity index (χ1n) is 4.90. The van der Waals surface area contributed by atoms with Crippen molar-refractivity contribution in [3.05, 3.63) is 35.4 Å². The van der Waals surface area contributed by atoms with Gasteiger partial charge in [-0.25, -0.2) is 0 Å². The fourth-order valence-electron chi connectivity index (χ4n) is 1.17. The zero-order chi connectivity index (χ0) is 9.52. The van der Waals surface area contributed by atoms with Crippen LogP contribution >= 0.6 is 24.2 Å². The highest BCUT2D eigenvalue weighted by Crippen LogP contribution is 2.14. The Morgan fingerprint density at radius 2 is 1.36 bits per heavy atom. The summed E-state index contributed by atoms with van der Waals surface area (Å²) in [5.41, 5.74) is 2.74. The van der Waals surface area contributed by atoms with Crippen LogP contribution in [0.4, 0.5) is 0 Å². The maximum atomic E-state index is 2.12. The highest BCUT2D eigenvalue weighted by atomic mass is 35.5. The van der Waals surface area contributed by atoms with E-state index < -0.39 is 0 Å². The topological polar surface area (TPSA) is 0 Å². The summed E-state index contributed by atoms with van der Waals surface area (Å²) in [6.45, 7) is 4.24. The average Bonchev–Trinajstić information content (AvgIpc) is 2.68.